The van der Waals surface area contributed by atoms with Crippen molar-refractivity contribution in [2.24, 2.45) is 0 Å². The third-order valence-electron chi connectivity index (χ3n) is 3.29. The molecule has 5 nitrogen and oxygen atoms in total. The minimum absolute atomic E-state index is 0.144. The van der Waals surface area contributed by atoms with Crippen LogP contribution in [0.5, 0.6) is 0 Å². The molecular weight excluding hydrogens is 266 g/mol. The van der Waals surface area contributed by atoms with Crippen molar-refractivity contribution in [2.45, 2.75) is 19.3 Å². The van der Waals surface area contributed by atoms with Crippen LogP contribution in [0.1, 0.15) is 18.7 Å². The molecule has 5 heteroatoms. The molecule has 1 aromatic carbocycles. The molecule has 0 spiro atoms. The van der Waals surface area contributed by atoms with Crippen molar-refractivity contribution < 1.29 is 9.90 Å². The number of hydrogen-bond donors (Lipinski definition) is 1. The van der Waals surface area contributed by atoms with Crippen LogP contribution in [0.25, 0.3) is 16.9 Å². The van der Waals surface area contributed by atoms with Crippen LogP contribution in [0.3, 0.4) is 0 Å². The maximum Gasteiger partial charge on any atom is 0.303 e. The van der Waals surface area contributed by atoms with E-state index in [0.717, 1.165) is 22.7 Å². The van der Waals surface area contributed by atoms with Gasteiger partial charge in [-0.2, -0.15) is 0 Å². The standard InChI is InChI=1S/C16H15N3O2/c20-15(21)10-4-9-14-18-13-8-5-11-17-16(13)19(14)12-6-2-1-3-7-12/h1-3,5-8,11H,4,9-10H2,(H,20,21). The molecule has 0 atom stereocenters. The Bertz CT molecular complexity index is 766. The largest absolute Gasteiger partial charge is 0.481 e. The molecule has 0 saturated carbocycles. The number of aryl methyl sites for hydroxylation is 1. The fourth-order valence-electron chi connectivity index (χ4n) is 2.37. The average Bonchev–Trinajstić information content (AvgIpc) is 2.86. The highest BCUT2D eigenvalue weighted by molar-refractivity contribution is 5.73. The Labute approximate surface area is 121 Å². The molecule has 0 bridgehead atoms. The Balaban J connectivity index is 2.04. The zero-order valence-corrected chi connectivity index (χ0v) is 11.4. The van der Waals surface area contributed by atoms with Gasteiger partial charge in [0.15, 0.2) is 5.65 Å². The van der Waals surface area contributed by atoms with E-state index in [1.165, 1.54) is 0 Å². The summed E-state index contributed by atoms with van der Waals surface area (Å²) in [6.45, 7) is 0. The molecular formula is C16H15N3O2. The third kappa shape index (κ3) is 2.76. The predicted octanol–water partition coefficient (Wildman–Crippen LogP) is 2.83. The minimum Gasteiger partial charge on any atom is -0.481 e. The second-order valence-corrected chi connectivity index (χ2v) is 4.79. The van der Waals surface area contributed by atoms with Gasteiger partial charge in [0.2, 0.25) is 0 Å². The minimum atomic E-state index is -0.782. The summed E-state index contributed by atoms with van der Waals surface area (Å²) >= 11 is 0. The maximum atomic E-state index is 10.7. The predicted molar refractivity (Wildman–Crippen MR) is 79.4 cm³/mol. The number of rotatable bonds is 5. The number of carbonyl (C=O) groups is 1. The van der Waals surface area contributed by atoms with Crippen LogP contribution < -0.4 is 0 Å². The lowest BCUT2D eigenvalue weighted by Gasteiger charge is -2.08. The lowest BCUT2D eigenvalue weighted by Crippen LogP contribution is -2.03. The van der Waals surface area contributed by atoms with E-state index in [1.807, 2.05) is 47.0 Å². The van der Waals surface area contributed by atoms with Crippen LogP contribution in [-0.4, -0.2) is 25.6 Å². The lowest BCUT2D eigenvalue weighted by molar-refractivity contribution is -0.137. The second-order valence-electron chi connectivity index (χ2n) is 4.79. The van der Waals surface area contributed by atoms with E-state index < -0.39 is 5.97 Å². The summed E-state index contributed by atoms with van der Waals surface area (Å²) in [5.74, 6) is 0.0617. The summed E-state index contributed by atoms with van der Waals surface area (Å²) in [6.07, 6.45) is 3.05. The van der Waals surface area contributed by atoms with Gasteiger partial charge in [-0.15, -0.1) is 0 Å². The first-order chi connectivity index (χ1) is 10.3. The Hall–Kier alpha value is -2.69. The van der Waals surface area contributed by atoms with Gasteiger partial charge in [0.25, 0.3) is 0 Å². The molecule has 106 valence electrons. The van der Waals surface area contributed by atoms with Crippen molar-refractivity contribution in [2.75, 3.05) is 0 Å². The number of aromatic nitrogens is 3. The van der Waals surface area contributed by atoms with Gasteiger partial charge >= 0.3 is 5.97 Å². The number of nitrogens with zero attached hydrogens (tertiary/aromatic N) is 3. The molecule has 21 heavy (non-hydrogen) atoms. The van der Waals surface area contributed by atoms with Gasteiger partial charge in [-0.05, 0) is 30.7 Å². The smallest absolute Gasteiger partial charge is 0.303 e. The molecule has 0 saturated heterocycles. The third-order valence-corrected chi connectivity index (χ3v) is 3.29. The van der Waals surface area contributed by atoms with E-state index in [0.29, 0.717) is 12.8 Å². The zero-order chi connectivity index (χ0) is 14.7. The van der Waals surface area contributed by atoms with Crippen molar-refractivity contribution in [1.29, 1.82) is 0 Å². The number of para-hydroxylation sites is 1. The molecule has 2 aromatic heterocycles. The Morgan fingerprint density at radius 2 is 1.95 bits per heavy atom. The number of benzene rings is 1. The summed E-state index contributed by atoms with van der Waals surface area (Å²) in [5, 5.41) is 8.78. The van der Waals surface area contributed by atoms with E-state index in [9.17, 15) is 4.79 Å². The molecule has 0 amide bonds. The van der Waals surface area contributed by atoms with Gasteiger partial charge in [-0.3, -0.25) is 9.36 Å². The monoisotopic (exact) mass is 281 g/mol. The first-order valence-corrected chi connectivity index (χ1v) is 6.85. The molecule has 3 rings (SSSR count). The van der Waals surface area contributed by atoms with Crippen LogP contribution >= 0.6 is 0 Å². The summed E-state index contributed by atoms with van der Waals surface area (Å²) in [5.41, 5.74) is 2.62. The number of pyridine rings is 1. The number of aliphatic carboxylic acids is 1. The molecule has 1 N–H and O–H groups in total. The van der Waals surface area contributed by atoms with Gasteiger partial charge in [-0.1, -0.05) is 18.2 Å². The average molecular weight is 281 g/mol. The van der Waals surface area contributed by atoms with Crippen molar-refractivity contribution in [3.05, 3.63) is 54.5 Å². The molecule has 2 heterocycles. The van der Waals surface area contributed by atoms with Crippen LogP contribution in [0.15, 0.2) is 48.7 Å². The Morgan fingerprint density at radius 1 is 1.14 bits per heavy atom. The number of fused-ring (bicyclic) bond motifs is 1. The molecule has 0 radical (unpaired) electrons. The van der Waals surface area contributed by atoms with Crippen LogP contribution in [-0.2, 0) is 11.2 Å². The van der Waals surface area contributed by atoms with Gasteiger partial charge in [-0.25, -0.2) is 9.97 Å². The summed E-state index contributed by atoms with van der Waals surface area (Å²) in [7, 11) is 0. The van der Waals surface area contributed by atoms with Gasteiger partial charge in [0.1, 0.15) is 11.3 Å². The highest BCUT2D eigenvalue weighted by Gasteiger charge is 2.13. The molecule has 0 aliphatic carbocycles. The molecule has 0 fully saturated rings. The molecule has 0 unspecified atom stereocenters. The quantitative estimate of drug-likeness (QED) is 0.780. The van der Waals surface area contributed by atoms with E-state index in [1.54, 1.807) is 6.20 Å². The van der Waals surface area contributed by atoms with Gasteiger partial charge < -0.3 is 5.11 Å². The fourth-order valence-corrected chi connectivity index (χ4v) is 2.37. The van der Waals surface area contributed by atoms with Crippen LogP contribution in [0.2, 0.25) is 0 Å². The normalized spacial score (nSPS) is 10.9. The lowest BCUT2D eigenvalue weighted by atomic mass is 10.2. The first kappa shape index (κ1) is 13.3. The van der Waals surface area contributed by atoms with E-state index in [-0.39, 0.29) is 6.42 Å². The van der Waals surface area contributed by atoms with Gasteiger partial charge in [0, 0.05) is 24.7 Å². The summed E-state index contributed by atoms with van der Waals surface area (Å²) in [4.78, 5) is 19.7. The molecule has 0 aliphatic rings. The topological polar surface area (TPSA) is 68.0 Å². The Kier molecular flexibility index (Phi) is 3.64. The zero-order valence-electron chi connectivity index (χ0n) is 11.4. The van der Waals surface area contributed by atoms with Crippen LogP contribution in [0.4, 0.5) is 0 Å². The second kappa shape index (κ2) is 5.75. The number of carboxylic acid groups (broad SMARTS) is 1. The maximum absolute atomic E-state index is 10.7. The van der Waals surface area contributed by atoms with Gasteiger partial charge in [0.05, 0.1) is 0 Å². The number of imidazole rings is 1. The van der Waals surface area contributed by atoms with Crippen molar-refractivity contribution in [1.82, 2.24) is 14.5 Å². The number of carboxylic acids is 1. The molecule has 0 aliphatic heterocycles. The summed E-state index contributed by atoms with van der Waals surface area (Å²) < 4.78 is 2.00. The number of hydrogen-bond acceptors (Lipinski definition) is 3. The van der Waals surface area contributed by atoms with Crippen LogP contribution in [0, 0.1) is 0 Å². The molecule has 3 aromatic rings. The highest BCUT2D eigenvalue weighted by atomic mass is 16.4. The SMILES string of the molecule is O=C(O)CCCc1nc2cccnc2n1-c1ccccc1. The Morgan fingerprint density at radius 3 is 2.71 bits per heavy atom. The van der Waals surface area contributed by atoms with Crippen molar-refractivity contribution >= 4 is 17.1 Å². The van der Waals surface area contributed by atoms with Crippen molar-refractivity contribution in [3.8, 4) is 5.69 Å². The van der Waals surface area contributed by atoms with E-state index in [2.05, 4.69) is 9.97 Å². The summed E-state index contributed by atoms with van der Waals surface area (Å²) in [6, 6.07) is 13.7. The first-order valence-electron chi connectivity index (χ1n) is 6.85. The van der Waals surface area contributed by atoms with E-state index in [4.69, 9.17) is 5.11 Å². The van der Waals surface area contributed by atoms with Crippen molar-refractivity contribution in [3.63, 3.8) is 0 Å². The van der Waals surface area contributed by atoms with E-state index >= 15 is 0 Å². The fraction of sp³-hybridized carbons (Fsp3) is 0.188. The highest BCUT2D eigenvalue weighted by Crippen LogP contribution is 2.20.